The third-order valence-electron chi connectivity index (χ3n) is 4.20. The summed E-state index contributed by atoms with van der Waals surface area (Å²) in [6, 6.07) is 10.8. The molecule has 29 heavy (non-hydrogen) atoms. The van der Waals surface area contributed by atoms with Crippen molar-refractivity contribution in [3.05, 3.63) is 52.3 Å². The molecule has 0 radical (unpaired) electrons. The van der Waals surface area contributed by atoms with Gasteiger partial charge in [0.05, 0.1) is 16.6 Å². The number of amides is 1. The number of H-pyrrole nitrogens is 1. The third kappa shape index (κ3) is 4.07. The van der Waals surface area contributed by atoms with Crippen LogP contribution in [-0.4, -0.2) is 42.2 Å². The number of halogens is 1. The normalized spacial score (nSPS) is 12.0. The van der Waals surface area contributed by atoms with Crippen LogP contribution in [0.5, 0.6) is 0 Å². The lowest BCUT2D eigenvalue weighted by atomic mass is 10.1. The second-order valence-electron chi connectivity index (χ2n) is 6.15. The highest BCUT2D eigenvalue weighted by atomic mass is 35.5. The highest BCUT2D eigenvalue weighted by Gasteiger charge is 2.25. The predicted molar refractivity (Wildman–Crippen MR) is 117 cm³/mol. The quantitative estimate of drug-likeness (QED) is 0.443. The van der Waals surface area contributed by atoms with Crippen LogP contribution in [0.3, 0.4) is 0 Å². The van der Waals surface area contributed by atoms with Gasteiger partial charge in [-0.1, -0.05) is 29.8 Å². The van der Waals surface area contributed by atoms with E-state index >= 15 is 0 Å². The number of para-hydroxylation sites is 1. The molecule has 0 aliphatic carbocycles. The van der Waals surface area contributed by atoms with Crippen LogP contribution in [0.1, 0.15) is 0 Å². The average molecular weight is 467 g/mol. The first-order valence-electron chi connectivity index (χ1n) is 8.38. The van der Waals surface area contributed by atoms with Gasteiger partial charge in [-0.15, -0.1) is 22.7 Å². The molecule has 0 bridgehead atoms. The van der Waals surface area contributed by atoms with Crippen molar-refractivity contribution in [2.45, 2.75) is 4.21 Å². The number of anilines is 1. The van der Waals surface area contributed by atoms with Gasteiger partial charge in [-0.2, -0.15) is 4.31 Å². The molecule has 4 aromatic rings. The van der Waals surface area contributed by atoms with E-state index in [-0.39, 0.29) is 10.8 Å². The number of aromatic amines is 1. The van der Waals surface area contributed by atoms with Gasteiger partial charge in [0.2, 0.25) is 5.91 Å². The van der Waals surface area contributed by atoms with Crippen molar-refractivity contribution in [2.75, 3.05) is 18.9 Å². The number of rotatable bonds is 6. The Labute approximate surface area is 180 Å². The maximum absolute atomic E-state index is 12.5. The molecule has 0 saturated carbocycles. The zero-order chi connectivity index (χ0) is 20.6. The van der Waals surface area contributed by atoms with E-state index < -0.39 is 15.9 Å². The number of carbonyl (C=O) groups excluding carboxylic acids is 1. The number of nitrogens with zero attached hydrogens (tertiary/aromatic N) is 2. The molecule has 4 rings (SSSR count). The monoisotopic (exact) mass is 466 g/mol. The summed E-state index contributed by atoms with van der Waals surface area (Å²) in [5, 5.41) is 5.95. The maximum Gasteiger partial charge on any atom is 0.252 e. The Morgan fingerprint density at radius 2 is 2.07 bits per heavy atom. The minimum Gasteiger partial charge on any atom is -0.360 e. The summed E-state index contributed by atoms with van der Waals surface area (Å²) in [6.07, 6.45) is 1.87. The number of thiophene rings is 1. The summed E-state index contributed by atoms with van der Waals surface area (Å²) < 4.78 is 26.4. The number of aromatic nitrogens is 2. The molecular weight excluding hydrogens is 452 g/mol. The molecule has 1 amide bonds. The number of likely N-dealkylation sites (N-methyl/N-ethyl adjacent to an activating group) is 1. The average Bonchev–Trinajstić information content (AvgIpc) is 3.40. The van der Waals surface area contributed by atoms with Crippen LogP contribution in [0.15, 0.2) is 52.2 Å². The summed E-state index contributed by atoms with van der Waals surface area (Å²) in [7, 11) is -2.43. The van der Waals surface area contributed by atoms with Crippen LogP contribution in [0, 0.1) is 0 Å². The van der Waals surface area contributed by atoms with Crippen LogP contribution in [0.25, 0.3) is 22.2 Å². The summed E-state index contributed by atoms with van der Waals surface area (Å²) in [4.78, 5) is 20.0. The smallest absolute Gasteiger partial charge is 0.252 e. The van der Waals surface area contributed by atoms with Gasteiger partial charge < -0.3 is 10.3 Å². The van der Waals surface area contributed by atoms with Crippen LogP contribution in [0.4, 0.5) is 5.13 Å². The lowest BCUT2D eigenvalue weighted by molar-refractivity contribution is -0.116. The van der Waals surface area contributed by atoms with E-state index in [1.807, 2.05) is 35.8 Å². The van der Waals surface area contributed by atoms with E-state index in [1.54, 1.807) is 0 Å². The van der Waals surface area contributed by atoms with Gasteiger partial charge >= 0.3 is 0 Å². The highest BCUT2D eigenvalue weighted by Crippen LogP contribution is 2.31. The Morgan fingerprint density at radius 1 is 1.28 bits per heavy atom. The Balaban J connectivity index is 1.45. The molecule has 7 nitrogen and oxygen atoms in total. The molecule has 0 saturated heterocycles. The third-order valence-corrected chi connectivity index (χ3v) is 8.45. The Kier molecular flexibility index (Phi) is 5.45. The van der Waals surface area contributed by atoms with Gasteiger partial charge in [0.15, 0.2) is 5.13 Å². The molecule has 2 N–H and O–H groups in total. The molecule has 3 aromatic heterocycles. The lowest BCUT2D eigenvalue weighted by Gasteiger charge is -2.15. The van der Waals surface area contributed by atoms with Gasteiger partial charge in [0.25, 0.3) is 10.0 Å². The molecule has 0 aliphatic rings. The molecule has 0 spiro atoms. The van der Waals surface area contributed by atoms with Gasteiger partial charge in [0.1, 0.15) is 4.21 Å². The van der Waals surface area contributed by atoms with Crippen LogP contribution in [0.2, 0.25) is 4.34 Å². The second kappa shape index (κ2) is 7.88. The van der Waals surface area contributed by atoms with E-state index in [0.29, 0.717) is 9.47 Å². The Hall–Kier alpha value is -2.24. The molecule has 150 valence electrons. The van der Waals surface area contributed by atoms with Crippen molar-refractivity contribution >= 4 is 66.2 Å². The van der Waals surface area contributed by atoms with E-state index in [2.05, 4.69) is 15.3 Å². The summed E-state index contributed by atoms with van der Waals surface area (Å²) in [5.74, 6) is -0.474. The molecule has 3 heterocycles. The zero-order valence-electron chi connectivity index (χ0n) is 15.0. The molecule has 0 aliphatic heterocycles. The predicted octanol–water partition coefficient (Wildman–Crippen LogP) is 4.27. The fraction of sp³-hybridized carbons (Fsp3) is 0.111. The first-order chi connectivity index (χ1) is 13.8. The number of fused-ring (bicyclic) bond motifs is 1. The summed E-state index contributed by atoms with van der Waals surface area (Å²) in [5.41, 5.74) is 2.67. The number of sulfonamides is 1. The van der Waals surface area contributed by atoms with Crippen molar-refractivity contribution in [3.8, 4) is 11.3 Å². The number of thiazole rings is 1. The minimum absolute atomic E-state index is 0.0914. The van der Waals surface area contributed by atoms with E-state index in [9.17, 15) is 13.2 Å². The van der Waals surface area contributed by atoms with E-state index in [0.717, 1.165) is 37.8 Å². The van der Waals surface area contributed by atoms with Crippen molar-refractivity contribution < 1.29 is 13.2 Å². The standard InChI is InChI=1S/C18H15ClN4O3S3/c1-23(29(25,26)17-7-6-15(19)28-17)9-16(24)22-18-21-14(10-27-18)12-8-20-13-5-3-2-4-11(12)13/h2-8,10,20H,9H2,1H3,(H,21,22,24). The molecule has 0 fully saturated rings. The van der Waals surface area contributed by atoms with Crippen molar-refractivity contribution in [1.29, 1.82) is 0 Å². The Bertz CT molecular complexity index is 1290. The first-order valence-corrected chi connectivity index (χ1v) is 11.9. The van der Waals surface area contributed by atoms with Crippen LogP contribution >= 0.6 is 34.3 Å². The largest absolute Gasteiger partial charge is 0.360 e. The number of hydrogen-bond acceptors (Lipinski definition) is 6. The van der Waals surface area contributed by atoms with Gasteiger partial charge in [-0.05, 0) is 18.2 Å². The molecule has 0 atom stereocenters. The molecule has 1 aromatic carbocycles. The SMILES string of the molecule is CN(CC(=O)Nc1nc(-c2c[nH]c3ccccc23)cs1)S(=O)(=O)c1ccc(Cl)s1. The summed E-state index contributed by atoms with van der Waals surface area (Å²) in [6.45, 7) is -0.333. The lowest BCUT2D eigenvalue weighted by Crippen LogP contribution is -2.34. The number of benzene rings is 1. The highest BCUT2D eigenvalue weighted by molar-refractivity contribution is 7.91. The number of hydrogen-bond donors (Lipinski definition) is 2. The van der Waals surface area contributed by atoms with Gasteiger partial charge in [0, 0.05) is 35.1 Å². The van der Waals surface area contributed by atoms with Crippen LogP contribution < -0.4 is 5.32 Å². The van der Waals surface area contributed by atoms with E-state index in [1.165, 1.54) is 30.5 Å². The topological polar surface area (TPSA) is 95.2 Å². The zero-order valence-corrected chi connectivity index (χ0v) is 18.3. The summed E-state index contributed by atoms with van der Waals surface area (Å²) >= 11 is 8.04. The first kappa shape index (κ1) is 20.0. The Morgan fingerprint density at radius 3 is 2.83 bits per heavy atom. The van der Waals surface area contributed by atoms with Gasteiger partial charge in [-0.3, -0.25) is 4.79 Å². The van der Waals surface area contributed by atoms with Crippen molar-refractivity contribution in [1.82, 2.24) is 14.3 Å². The molecule has 11 heteroatoms. The maximum atomic E-state index is 12.5. The minimum atomic E-state index is -3.77. The van der Waals surface area contributed by atoms with Gasteiger partial charge in [-0.25, -0.2) is 13.4 Å². The molecule has 0 unspecified atom stereocenters. The number of carbonyl (C=O) groups is 1. The van der Waals surface area contributed by atoms with E-state index in [4.69, 9.17) is 11.6 Å². The van der Waals surface area contributed by atoms with Crippen LogP contribution in [-0.2, 0) is 14.8 Å². The fourth-order valence-corrected chi connectivity index (χ4v) is 6.32. The molecular formula is C18H15ClN4O3S3. The van der Waals surface area contributed by atoms with Crippen molar-refractivity contribution in [2.24, 2.45) is 0 Å². The van der Waals surface area contributed by atoms with Crippen molar-refractivity contribution in [3.63, 3.8) is 0 Å². The fourth-order valence-electron chi connectivity index (χ4n) is 2.77. The number of nitrogens with one attached hydrogen (secondary N) is 2. The second-order valence-corrected chi connectivity index (χ2v) is 11.0.